The third-order valence-corrected chi connectivity index (χ3v) is 7.18. The van der Waals surface area contributed by atoms with Crippen LogP contribution in [-0.2, 0) is 18.6 Å². The Bertz CT molecular complexity index is 1030. The van der Waals surface area contributed by atoms with Crippen molar-refractivity contribution in [3.63, 3.8) is 0 Å². The molecule has 2 aromatic heterocycles. The number of aromatic nitrogens is 4. The van der Waals surface area contributed by atoms with Crippen molar-refractivity contribution in [2.75, 3.05) is 18.9 Å². The van der Waals surface area contributed by atoms with Crippen LogP contribution in [0.25, 0.3) is 11.2 Å². The number of aliphatic hydroxyl groups excluding tert-OH is 1. The Morgan fingerprint density at radius 1 is 0.974 bits per heavy atom. The minimum atomic E-state index is -2.97. The van der Waals surface area contributed by atoms with E-state index in [9.17, 15) is 14.6 Å². The lowest BCUT2D eigenvalue weighted by Gasteiger charge is -2.21. The van der Waals surface area contributed by atoms with Gasteiger partial charge in [-0.2, -0.15) is 0 Å². The molecule has 0 fully saturated rings. The number of aliphatic hydroxyl groups is 1. The van der Waals surface area contributed by atoms with Crippen LogP contribution in [0, 0.1) is 0 Å². The van der Waals surface area contributed by atoms with Crippen LogP contribution in [-0.4, -0.2) is 48.8 Å². The molecule has 0 aromatic carbocycles. The molecule has 3 unspecified atom stereocenters. The normalized spacial score (nSPS) is 17.8. The Morgan fingerprint density at radius 3 is 2.16 bits per heavy atom. The highest BCUT2D eigenvalue weighted by atomic mass is 31.1. The molecule has 1 aliphatic heterocycles. The zero-order valence-electron chi connectivity index (χ0n) is 22.5. The van der Waals surface area contributed by atoms with Gasteiger partial charge in [-0.05, 0) is 6.42 Å². The van der Waals surface area contributed by atoms with Gasteiger partial charge in [-0.3, -0.25) is 4.57 Å². The first-order valence-electron chi connectivity index (χ1n) is 14.0. The highest BCUT2D eigenvalue weighted by Crippen LogP contribution is 2.40. The third-order valence-electron chi connectivity index (χ3n) is 6.83. The zero-order valence-corrected chi connectivity index (χ0v) is 23.4. The van der Waals surface area contributed by atoms with Crippen LogP contribution in [0.5, 0.6) is 0 Å². The smallest absolute Gasteiger partial charge is 0.465 e. The summed E-state index contributed by atoms with van der Waals surface area (Å²) in [4.78, 5) is 21.8. The standard InChI is InChI=1S/C26H42N5O6P/c1-2-3-4-5-6-7-8-9-10-11-12-13-14-15-16-35-23-22(37-38(33)34)20(17-32)36-26(23)31-19-30-21-24(27)28-18-29-25(21)31/h18-19,23,26,32H,2-17H2,1H3,(H2-,27,28,29,33,34)/p+1. The van der Waals surface area contributed by atoms with Crippen LogP contribution in [0.2, 0.25) is 0 Å². The lowest BCUT2D eigenvalue weighted by molar-refractivity contribution is -0.0517. The van der Waals surface area contributed by atoms with E-state index in [2.05, 4.69) is 21.9 Å². The third kappa shape index (κ3) is 8.86. The van der Waals surface area contributed by atoms with E-state index in [4.69, 9.17) is 19.7 Å². The summed E-state index contributed by atoms with van der Waals surface area (Å²) in [7, 11) is -2.97. The molecule has 12 heteroatoms. The summed E-state index contributed by atoms with van der Waals surface area (Å²) in [6, 6.07) is 0. The quantitative estimate of drug-likeness (QED) is 0.138. The number of rotatable bonds is 20. The first-order valence-corrected chi connectivity index (χ1v) is 15.1. The fourth-order valence-electron chi connectivity index (χ4n) is 4.78. The van der Waals surface area contributed by atoms with Gasteiger partial charge >= 0.3 is 8.25 Å². The number of imidazole rings is 1. The second-order valence-corrected chi connectivity index (χ2v) is 10.4. The molecule has 2 aromatic rings. The number of unbranched alkanes of at least 4 members (excludes halogenated alkanes) is 13. The van der Waals surface area contributed by atoms with Gasteiger partial charge in [0, 0.05) is 11.2 Å². The molecule has 0 saturated heterocycles. The maximum Gasteiger partial charge on any atom is 0.747 e. The first kappa shape index (κ1) is 30.2. The van der Waals surface area contributed by atoms with Crippen LogP contribution in [0.3, 0.4) is 0 Å². The molecule has 3 atom stereocenters. The van der Waals surface area contributed by atoms with Crippen LogP contribution < -0.4 is 5.73 Å². The Labute approximate surface area is 225 Å². The molecule has 0 saturated carbocycles. The highest BCUT2D eigenvalue weighted by Gasteiger charge is 2.45. The summed E-state index contributed by atoms with van der Waals surface area (Å²) in [6.07, 6.45) is 18.7. The molecule has 0 radical (unpaired) electrons. The number of anilines is 1. The lowest BCUT2D eigenvalue weighted by Crippen LogP contribution is -2.26. The molecule has 11 nitrogen and oxygen atoms in total. The van der Waals surface area contributed by atoms with E-state index < -0.39 is 27.2 Å². The number of hydrogen-bond donors (Lipinski definition) is 3. The molecule has 0 spiro atoms. The number of nitrogens with two attached hydrogens (primary N) is 1. The van der Waals surface area contributed by atoms with Gasteiger partial charge < -0.3 is 20.3 Å². The molecule has 38 heavy (non-hydrogen) atoms. The molecule has 0 amide bonds. The zero-order chi connectivity index (χ0) is 27.2. The Balaban J connectivity index is 1.42. The van der Waals surface area contributed by atoms with Crippen molar-refractivity contribution in [2.24, 2.45) is 0 Å². The molecule has 0 bridgehead atoms. The van der Waals surface area contributed by atoms with Gasteiger partial charge in [0.2, 0.25) is 12.0 Å². The monoisotopic (exact) mass is 552 g/mol. The van der Waals surface area contributed by atoms with Gasteiger partial charge in [0.1, 0.15) is 24.8 Å². The predicted molar refractivity (Wildman–Crippen MR) is 145 cm³/mol. The van der Waals surface area contributed by atoms with Gasteiger partial charge in [-0.25, -0.2) is 19.5 Å². The number of nitrogens with zero attached hydrogens (tertiary/aromatic N) is 4. The van der Waals surface area contributed by atoms with E-state index in [1.165, 1.54) is 83.3 Å². The van der Waals surface area contributed by atoms with Gasteiger partial charge in [0.25, 0.3) is 0 Å². The average molecular weight is 553 g/mol. The molecule has 1 aliphatic rings. The minimum absolute atomic E-state index is 0.00430. The summed E-state index contributed by atoms with van der Waals surface area (Å²) in [5.41, 5.74) is 6.72. The van der Waals surface area contributed by atoms with Crippen LogP contribution in [0.1, 0.15) is 103 Å². The van der Waals surface area contributed by atoms with Crippen molar-refractivity contribution >= 4 is 25.2 Å². The van der Waals surface area contributed by atoms with Gasteiger partial charge in [-0.1, -0.05) is 90.4 Å². The summed E-state index contributed by atoms with van der Waals surface area (Å²) in [6.45, 7) is 2.14. The lowest BCUT2D eigenvalue weighted by atomic mass is 10.0. The summed E-state index contributed by atoms with van der Waals surface area (Å²) < 4.78 is 30.1. The van der Waals surface area contributed by atoms with Crippen LogP contribution in [0.15, 0.2) is 24.2 Å². The van der Waals surface area contributed by atoms with Gasteiger partial charge in [-0.15, -0.1) is 4.89 Å². The Morgan fingerprint density at radius 2 is 1.58 bits per heavy atom. The number of fused-ring (bicyclic) bond motifs is 1. The van der Waals surface area contributed by atoms with Crippen molar-refractivity contribution in [1.29, 1.82) is 0 Å². The maximum absolute atomic E-state index is 11.5. The molecule has 4 N–H and O–H groups in total. The Kier molecular flexibility index (Phi) is 13.2. The van der Waals surface area contributed by atoms with Gasteiger partial charge in [0.05, 0.1) is 0 Å². The molecule has 0 aliphatic carbocycles. The topological polar surface area (TPSA) is 155 Å². The van der Waals surface area contributed by atoms with Crippen LogP contribution in [0.4, 0.5) is 5.82 Å². The maximum atomic E-state index is 11.5. The number of ether oxygens (including phenoxy) is 2. The fraction of sp³-hybridized carbons (Fsp3) is 0.731. The summed E-state index contributed by atoms with van der Waals surface area (Å²) in [5, 5.41) is 9.78. The molecule has 3 heterocycles. The van der Waals surface area contributed by atoms with Crippen molar-refractivity contribution in [3.05, 3.63) is 24.2 Å². The first-order chi connectivity index (χ1) is 18.6. The van der Waals surface area contributed by atoms with Crippen molar-refractivity contribution < 1.29 is 28.6 Å². The van der Waals surface area contributed by atoms with E-state index in [0.717, 1.165) is 19.3 Å². The molecule has 212 valence electrons. The molecular formula is C26H43N5O6P+. The van der Waals surface area contributed by atoms with E-state index in [1.807, 2.05) is 0 Å². The largest absolute Gasteiger partial charge is 0.747 e. The van der Waals surface area contributed by atoms with Crippen molar-refractivity contribution in [1.82, 2.24) is 19.5 Å². The van der Waals surface area contributed by atoms with E-state index >= 15 is 0 Å². The van der Waals surface area contributed by atoms with E-state index in [0.29, 0.717) is 17.8 Å². The minimum Gasteiger partial charge on any atom is -0.465 e. The highest BCUT2D eigenvalue weighted by molar-refractivity contribution is 7.32. The SMILES string of the molecule is CCCCCCCCCCCCCCCCOC1C(O[P+](=O)O)=C(CO)OC1n1cnc2c(N)ncnc21. The molecular weight excluding hydrogens is 509 g/mol. The Hall–Kier alpha value is -2.33. The van der Waals surface area contributed by atoms with Crippen molar-refractivity contribution in [3.8, 4) is 0 Å². The van der Waals surface area contributed by atoms with Crippen LogP contribution >= 0.6 is 8.25 Å². The van der Waals surface area contributed by atoms with E-state index in [-0.39, 0.29) is 17.3 Å². The van der Waals surface area contributed by atoms with Gasteiger partial charge in [0.15, 0.2) is 23.3 Å². The number of nitrogen functional groups attached to an aromatic ring is 1. The summed E-state index contributed by atoms with van der Waals surface area (Å²) in [5.74, 6) is 0.245. The second kappa shape index (κ2) is 16.6. The fourth-order valence-corrected chi connectivity index (χ4v) is 5.15. The summed E-state index contributed by atoms with van der Waals surface area (Å²) >= 11 is 0. The predicted octanol–water partition coefficient (Wildman–Crippen LogP) is 5.67. The average Bonchev–Trinajstić information content (AvgIpc) is 3.48. The van der Waals surface area contributed by atoms with E-state index in [1.54, 1.807) is 4.57 Å². The second-order valence-electron chi connectivity index (χ2n) is 9.75. The van der Waals surface area contributed by atoms with Crippen molar-refractivity contribution in [2.45, 2.75) is 109 Å². The molecule has 3 rings (SSSR count). The number of hydrogen-bond acceptors (Lipinski definition) is 9.